The maximum Gasteiger partial charge on any atom is 0.191 e. The standard InChI is InChI=1S/C17H24N6.HI/c1-4-18-17(22-13-15-7-5-6-9-19-15)21-12-14-8-10-20-16(11-14)23(2)3;/h5-11H,4,12-13H2,1-3H3,(H2,18,21,22);1H. The van der Waals surface area contributed by atoms with Crippen molar-refractivity contribution in [1.82, 2.24) is 20.6 Å². The number of aliphatic imine (C=N–C) groups is 1. The van der Waals surface area contributed by atoms with Crippen molar-refractivity contribution in [3.8, 4) is 0 Å². The van der Waals surface area contributed by atoms with Crippen LogP contribution in [-0.2, 0) is 13.1 Å². The van der Waals surface area contributed by atoms with Crippen LogP contribution in [0.3, 0.4) is 0 Å². The predicted molar refractivity (Wildman–Crippen MR) is 110 cm³/mol. The molecule has 0 aromatic carbocycles. The van der Waals surface area contributed by atoms with E-state index in [4.69, 9.17) is 0 Å². The van der Waals surface area contributed by atoms with Crippen molar-refractivity contribution in [3.05, 3.63) is 54.0 Å². The number of rotatable bonds is 6. The van der Waals surface area contributed by atoms with E-state index in [2.05, 4.69) is 32.5 Å². The predicted octanol–water partition coefficient (Wildman–Crippen LogP) is 2.42. The zero-order chi connectivity index (χ0) is 16.5. The van der Waals surface area contributed by atoms with Gasteiger partial charge in [0.15, 0.2) is 5.96 Å². The first-order valence-electron chi connectivity index (χ1n) is 7.73. The van der Waals surface area contributed by atoms with Crippen LogP contribution in [-0.4, -0.2) is 36.6 Å². The number of halogens is 1. The molecule has 0 bridgehead atoms. The second-order valence-corrected chi connectivity index (χ2v) is 5.29. The molecule has 24 heavy (non-hydrogen) atoms. The minimum Gasteiger partial charge on any atom is -0.363 e. The lowest BCUT2D eigenvalue weighted by Gasteiger charge is -2.13. The molecule has 0 aliphatic carbocycles. The van der Waals surface area contributed by atoms with Gasteiger partial charge in [0, 0.05) is 33.0 Å². The fraction of sp³-hybridized carbons (Fsp3) is 0.353. The van der Waals surface area contributed by atoms with Crippen LogP contribution < -0.4 is 15.5 Å². The largest absolute Gasteiger partial charge is 0.363 e. The van der Waals surface area contributed by atoms with Gasteiger partial charge in [0.25, 0.3) is 0 Å². The van der Waals surface area contributed by atoms with Crippen LogP contribution in [0.15, 0.2) is 47.7 Å². The van der Waals surface area contributed by atoms with Gasteiger partial charge in [0.2, 0.25) is 0 Å². The summed E-state index contributed by atoms with van der Waals surface area (Å²) < 4.78 is 0. The van der Waals surface area contributed by atoms with Crippen molar-refractivity contribution < 1.29 is 0 Å². The Balaban J connectivity index is 0.00000288. The van der Waals surface area contributed by atoms with E-state index in [1.807, 2.05) is 55.5 Å². The van der Waals surface area contributed by atoms with E-state index >= 15 is 0 Å². The van der Waals surface area contributed by atoms with Gasteiger partial charge in [-0.25, -0.2) is 9.98 Å². The third kappa shape index (κ3) is 6.69. The average molecular weight is 440 g/mol. The van der Waals surface area contributed by atoms with Crippen LogP contribution in [0, 0.1) is 0 Å². The summed E-state index contributed by atoms with van der Waals surface area (Å²) in [4.78, 5) is 15.2. The number of nitrogens with one attached hydrogen (secondary N) is 2. The Kier molecular flexibility index (Phi) is 9.06. The highest BCUT2D eigenvalue weighted by molar-refractivity contribution is 14.0. The molecule has 2 aromatic rings. The minimum atomic E-state index is 0. The molecule has 0 unspecified atom stereocenters. The van der Waals surface area contributed by atoms with Crippen LogP contribution in [0.5, 0.6) is 0 Å². The molecule has 7 heteroatoms. The maximum absolute atomic E-state index is 4.62. The highest BCUT2D eigenvalue weighted by Crippen LogP contribution is 2.10. The van der Waals surface area contributed by atoms with Crippen LogP contribution in [0.4, 0.5) is 5.82 Å². The topological polar surface area (TPSA) is 65.4 Å². The zero-order valence-electron chi connectivity index (χ0n) is 14.4. The van der Waals surface area contributed by atoms with Gasteiger partial charge >= 0.3 is 0 Å². The number of anilines is 1. The highest BCUT2D eigenvalue weighted by atomic mass is 127. The monoisotopic (exact) mass is 440 g/mol. The van der Waals surface area contributed by atoms with Crippen LogP contribution >= 0.6 is 24.0 Å². The number of aromatic nitrogens is 2. The fourth-order valence-electron chi connectivity index (χ4n) is 1.99. The molecule has 0 saturated heterocycles. The Morgan fingerprint density at radius 2 is 1.96 bits per heavy atom. The Labute approximate surface area is 160 Å². The van der Waals surface area contributed by atoms with Crippen molar-refractivity contribution in [2.45, 2.75) is 20.0 Å². The molecule has 2 N–H and O–H groups in total. The van der Waals surface area contributed by atoms with Crippen LogP contribution in [0.2, 0.25) is 0 Å². The Bertz CT molecular complexity index is 630. The first kappa shape index (κ1) is 20.1. The first-order valence-corrected chi connectivity index (χ1v) is 7.73. The molecule has 0 radical (unpaired) electrons. The molecule has 2 rings (SSSR count). The zero-order valence-corrected chi connectivity index (χ0v) is 16.7. The number of nitrogens with zero attached hydrogens (tertiary/aromatic N) is 4. The third-order valence-electron chi connectivity index (χ3n) is 3.20. The average Bonchev–Trinajstić information content (AvgIpc) is 2.58. The maximum atomic E-state index is 4.62. The summed E-state index contributed by atoms with van der Waals surface area (Å²) in [6, 6.07) is 9.91. The molecule has 0 atom stereocenters. The summed E-state index contributed by atoms with van der Waals surface area (Å²) >= 11 is 0. The molecule has 2 heterocycles. The molecule has 0 aliphatic rings. The Hall–Kier alpha value is -1.90. The number of hydrogen-bond acceptors (Lipinski definition) is 4. The number of pyridine rings is 2. The summed E-state index contributed by atoms with van der Waals surface area (Å²) in [6.07, 6.45) is 3.61. The summed E-state index contributed by atoms with van der Waals surface area (Å²) in [5.74, 6) is 1.71. The summed E-state index contributed by atoms with van der Waals surface area (Å²) in [6.45, 7) is 4.11. The molecule has 130 valence electrons. The lowest BCUT2D eigenvalue weighted by atomic mass is 10.2. The lowest BCUT2D eigenvalue weighted by Crippen LogP contribution is -2.37. The third-order valence-corrected chi connectivity index (χ3v) is 3.20. The normalized spacial score (nSPS) is 10.7. The Morgan fingerprint density at radius 3 is 2.62 bits per heavy atom. The molecule has 6 nitrogen and oxygen atoms in total. The molecule has 0 saturated carbocycles. The van der Waals surface area contributed by atoms with E-state index in [1.165, 1.54) is 0 Å². The minimum absolute atomic E-state index is 0. The van der Waals surface area contributed by atoms with Crippen molar-refractivity contribution in [3.63, 3.8) is 0 Å². The van der Waals surface area contributed by atoms with Crippen molar-refractivity contribution in [1.29, 1.82) is 0 Å². The van der Waals surface area contributed by atoms with E-state index < -0.39 is 0 Å². The SMILES string of the molecule is CCNC(=NCc1ccnc(N(C)C)c1)NCc1ccccn1.I. The van der Waals surface area contributed by atoms with E-state index in [0.717, 1.165) is 29.6 Å². The summed E-state index contributed by atoms with van der Waals surface area (Å²) in [5, 5.41) is 6.54. The van der Waals surface area contributed by atoms with Gasteiger partial charge in [-0.15, -0.1) is 24.0 Å². The van der Waals surface area contributed by atoms with Gasteiger partial charge in [-0.1, -0.05) is 6.07 Å². The quantitative estimate of drug-likeness (QED) is 0.411. The van der Waals surface area contributed by atoms with Gasteiger partial charge < -0.3 is 15.5 Å². The summed E-state index contributed by atoms with van der Waals surface area (Å²) in [5.41, 5.74) is 2.11. The van der Waals surface area contributed by atoms with Crippen LogP contribution in [0.1, 0.15) is 18.2 Å². The van der Waals surface area contributed by atoms with Gasteiger partial charge in [-0.2, -0.15) is 0 Å². The number of hydrogen-bond donors (Lipinski definition) is 2. The van der Waals surface area contributed by atoms with E-state index in [0.29, 0.717) is 13.1 Å². The molecular weight excluding hydrogens is 415 g/mol. The second-order valence-electron chi connectivity index (χ2n) is 5.29. The fourth-order valence-corrected chi connectivity index (χ4v) is 1.99. The van der Waals surface area contributed by atoms with E-state index in [9.17, 15) is 0 Å². The van der Waals surface area contributed by atoms with Gasteiger partial charge in [-0.05, 0) is 36.8 Å². The molecule has 0 amide bonds. The molecule has 2 aromatic heterocycles. The van der Waals surface area contributed by atoms with Gasteiger partial charge in [0.1, 0.15) is 5.82 Å². The van der Waals surface area contributed by atoms with E-state index in [-0.39, 0.29) is 24.0 Å². The summed E-state index contributed by atoms with van der Waals surface area (Å²) in [7, 11) is 3.96. The molecular formula is C17H25IN6. The second kappa shape index (κ2) is 10.8. The highest BCUT2D eigenvalue weighted by Gasteiger charge is 2.01. The molecule has 0 fully saturated rings. The smallest absolute Gasteiger partial charge is 0.191 e. The van der Waals surface area contributed by atoms with Crippen molar-refractivity contribution in [2.75, 3.05) is 25.5 Å². The van der Waals surface area contributed by atoms with Crippen LogP contribution in [0.25, 0.3) is 0 Å². The number of guanidine groups is 1. The lowest BCUT2D eigenvalue weighted by molar-refractivity contribution is 0.799. The Morgan fingerprint density at radius 1 is 1.12 bits per heavy atom. The molecule has 0 spiro atoms. The van der Waals surface area contributed by atoms with Gasteiger partial charge in [-0.3, -0.25) is 4.98 Å². The van der Waals surface area contributed by atoms with Crippen molar-refractivity contribution in [2.24, 2.45) is 4.99 Å². The molecule has 0 aliphatic heterocycles. The van der Waals surface area contributed by atoms with Crippen molar-refractivity contribution >= 4 is 35.8 Å². The van der Waals surface area contributed by atoms with E-state index in [1.54, 1.807) is 6.20 Å². The first-order chi connectivity index (χ1) is 11.2. The van der Waals surface area contributed by atoms with Gasteiger partial charge in [0.05, 0.1) is 18.8 Å².